The Kier molecular flexibility index (Phi) is 6.98. The van der Waals surface area contributed by atoms with E-state index < -0.39 is 7.14 Å². The summed E-state index contributed by atoms with van der Waals surface area (Å²) in [6, 6.07) is 58.1. The highest BCUT2D eigenvalue weighted by atomic mass is 31.2. The summed E-state index contributed by atoms with van der Waals surface area (Å²) in [5.41, 5.74) is 5.54. The molecule has 0 spiro atoms. The molecule has 7 heteroatoms. The minimum atomic E-state index is -3.50. The average Bonchev–Trinajstić information content (AvgIpc) is 3.54. The number of rotatable bonds is 5. The molecule has 1 aliphatic rings. The molecule has 1 atom stereocenters. The van der Waals surface area contributed by atoms with Gasteiger partial charge in [-0.1, -0.05) is 127 Å². The van der Waals surface area contributed by atoms with E-state index in [-0.39, 0.29) is 0 Å². The van der Waals surface area contributed by atoms with Crippen LogP contribution in [0.15, 0.2) is 176 Å². The zero-order chi connectivity index (χ0) is 34.6. The van der Waals surface area contributed by atoms with Crippen molar-refractivity contribution in [2.45, 2.75) is 0 Å². The Morgan fingerprint density at radius 1 is 0.442 bits per heavy atom. The zero-order valence-electron chi connectivity index (χ0n) is 27.8. The highest BCUT2D eigenvalue weighted by molar-refractivity contribution is 7.85. The van der Waals surface area contributed by atoms with Gasteiger partial charge in [0, 0.05) is 38.5 Å². The number of para-hydroxylation sites is 2. The van der Waals surface area contributed by atoms with E-state index in [1.807, 2.05) is 127 Å². The van der Waals surface area contributed by atoms with Gasteiger partial charge in [0.15, 0.2) is 24.6 Å². The Labute approximate surface area is 300 Å². The van der Waals surface area contributed by atoms with E-state index in [1.165, 1.54) is 0 Å². The lowest BCUT2D eigenvalue weighted by Crippen LogP contribution is -2.31. The predicted molar refractivity (Wildman–Crippen MR) is 210 cm³/mol. The summed E-state index contributed by atoms with van der Waals surface area (Å²) in [5, 5.41) is 4.12. The highest BCUT2D eigenvalue weighted by Gasteiger charge is 2.40. The van der Waals surface area contributed by atoms with Gasteiger partial charge in [-0.05, 0) is 48.5 Å². The number of aromatic nitrogens is 4. The normalized spacial score (nSPS) is 14.8. The van der Waals surface area contributed by atoms with Crippen molar-refractivity contribution < 1.29 is 9.30 Å². The van der Waals surface area contributed by atoms with Gasteiger partial charge >= 0.3 is 0 Å². The lowest BCUT2D eigenvalue weighted by molar-refractivity contribution is 0.486. The first-order valence-corrected chi connectivity index (χ1v) is 18.8. The summed E-state index contributed by atoms with van der Waals surface area (Å²) in [6.07, 6.45) is 0. The third kappa shape index (κ3) is 4.80. The summed E-state index contributed by atoms with van der Waals surface area (Å²) < 4.78 is 25.2. The number of nitrogens with zero attached hydrogens (tertiary/aromatic N) is 4. The molecule has 2 aromatic heterocycles. The maximum absolute atomic E-state index is 16.2. The van der Waals surface area contributed by atoms with Crippen LogP contribution in [0, 0.1) is 0 Å². The Balaban J connectivity index is 1.22. The number of ether oxygens (including phenoxy) is 1. The zero-order valence-corrected chi connectivity index (χ0v) is 28.7. The molecule has 3 heterocycles. The van der Waals surface area contributed by atoms with E-state index >= 15 is 4.57 Å². The monoisotopic (exact) mass is 688 g/mol. The fourth-order valence-corrected chi connectivity index (χ4v) is 10.1. The fourth-order valence-electron chi connectivity index (χ4n) is 7.26. The van der Waals surface area contributed by atoms with Crippen LogP contribution in [-0.4, -0.2) is 19.5 Å². The minimum Gasteiger partial charge on any atom is -0.456 e. The Morgan fingerprint density at radius 3 is 1.63 bits per heavy atom. The molecule has 52 heavy (non-hydrogen) atoms. The largest absolute Gasteiger partial charge is 0.456 e. The first kappa shape index (κ1) is 30.2. The second-order valence-electron chi connectivity index (χ2n) is 12.8. The smallest absolute Gasteiger partial charge is 0.178 e. The topological polar surface area (TPSA) is 69.9 Å². The molecule has 1 aliphatic heterocycles. The summed E-state index contributed by atoms with van der Waals surface area (Å²) in [7, 11) is -3.50. The average molecular weight is 689 g/mol. The van der Waals surface area contributed by atoms with Crippen LogP contribution in [0.3, 0.4) is 0 Å². The predicted octanol–water partition coefficient (Wildman–Crippen LogP) is 9.71. The van der Waals surface area contributed by atoms with Gasteiger partial charge in [0.05, 0.1) is 21.6 Å². The van der Waals surface area contributed by atoms with Crippen LogP contribution in [0.2, 0.25) is 0 Å². The van der Waals surface area contributed by atoms with Crippen molar-refractivity contribution in [1.29, 1.82) is 0 Å². The van der Waals surface area contributed by atoms with Gasteiger partial charge in [-0.2, -0.15) is 0 Å². The van der Waals surface area contributed by atoms with Crippen LogP contribution in [0.25, 0.3) is 61.7 Å². The Morgan fingerprint density at radius 2 is 0.981 bits per heavy atom. The lowest BCUT2D eigenvalue weighted by atomic mass is 10.1. The Hall–Kier alpha value is -6.62. The number of benzene rings is 7. The van der Waals surface area contributed by atoms with E-state index in [4.69, 9.17) is 19.7 Å². The quantitative estimate of drug-likeness (QED) is 0.169. The third-order valence-electron chi connectivity index (χ3n) is 9.70. The molecule has 10 rings (SSSR count). The van der Waals surface area contributed by atoms with Crippen molar-refractivity contribution in [2.24, 2.45) is 0 Å². The van der Waals surface area contributed by atoms with Crippen LogP contribution < -0.4 is 20.7 Å². The number of fused-ring (bicyclic) bond motifs is 5. The fraction of sp³-hybridized carbons (Fsp3) is 0. The molecule has 9 aromatic rings. The molecular weight excluding hydrogens is 659 g/mol. The van der Waals surface area contributed by atoms with Gasteiger partial charge in [-0.25, -0.2) is 15.0 Å². The van der Waals surface area contributed by atoms with Crippen molar-refractivity contribution >= 4 is 44.9 Å². The number of hydrogen-bond donors (Lipinski definition) is 0. The van der Waals surface area contributed by atoms with Crippen molar-refractivity contribution in [1.82, 2.24) is 19.5 Å². The van der Waals surface area contributed by atoms with Gasteiger partial charge in [0.1, 0.15) is 11.5 Å². The summed E-state index contributed by atoms with van der Waals surface area (Å²) in [4.78, 5) is 14.8. The number of hydrogen-bond acceptors (Lipinski definition) is 5. The SMILES string of the molecule is O=P1(c2ccccc2)c2cc(-c3nc(-c4ccccc4)nc(-c4ccccc4)n3)ccc2Oc2cc3c4ccccc4n(-c4ccccc4)c3cc21. The molecular formula is C45H29N4O2P. The van der Waals surface area contributed by atoms with Crippen LogP contribution in [0.4, 0.5) is 0 Å². The standard InChI is InChI=1S/C45H29N4O2P/c50-52(34-21-11-4-12-22-34)41-27-32(45-47-43(30-15-5-1-6-16-30)46-44(48-45)31-17-7-2-8-18-31)25-26-39(41)51-40-28-36-35-23-13-14-24-37(35)49(38(36)29-42(40)52)33-19-9-3-10-20-33/h1-29H. The van der Waals surface area contributed by atoms with E-state index in [1.54, 1.807) is 0 Å². The first-order valence-electron chi connectivity index (χ1n) is 17.1. The van der Waals surface area contributed by atoms with E-state index in [2.05, 4.69) is 53.1 Å². The maximum atomic E-state index is 16.2. The van der Waals surface area contributed by atoms with E-state index in [9.17, 15) is 0 Å². The van der Waals surface area contributed by atoms with Crippen LogP contribution in [0.5, 0.6) is 11.5 Å². The summed E-state index contributed by atoms with van der Waals surface area (Å²) in [6.45, 7) is 0. The van der Waals surface area contributed by atoms with Crippen LogP contribution in [0.1, 0.15) is 0 Å². The van der Waals surface area contributed by atoms with E-state index in [0.717, 1.165) is 49.5 Å². The molecule has 0 radical (unpaired) electrons. The molecule has 6 nitrogen and oxygen atoms in total. The third-order valence-corrected chi connectivity index (χ3v) is 12.8. The van der Waals surface area contributed by atoms with Crippen LogP contribution >= 0.6 is 7.14 Å². The van der Waals surface area contributed by atoms with Crippen molar-refractivity contribution in [2.75, 3.05) is 0 Å². The van der Waals surface area contributed by atoms with Crippen LogP contribution in [-0.2, 0) is 4.57 Å². The van der Waals surface area contributed by atoms with E-state index in [0.29, 0.717) is 39.6 Å². The molecule has 0 fully saturated rings. The summed E-state index contributed by atoms with van der Waals surface area (Å²) in [5.74, 6) is 2.75. The molecule has 0 amide bonds. The minimum absolute atomic E-state index is 0.487. The maximum Gasteiger partial charge on any atom is 0.178 e. The van der Waals surface area contributed by atoms with Crippen molar-refractivity contribution in [3.8, 4) is 51.3 Å². The first-order chi connectivity index (χ1) is 25.6. The molecule has 0 bridgehead atoms. The van der Waals surface area contributed by atoms with Crippen molar-refractivity contribution in [3.63, 3.8) is 0 Å². The second kappa shape index (κ2) is 12.0. The molecule has 0 saturated heterocycles. The molecule has 246 valence electrons. The summed E-state index contributed by atoms with van der Waals surface area (Å²) >= 11 is 0. The van der Waals surface area contributed by atoms with Gasteiger partial charge < -0.3 is 13.9 Å². The Bertz CT molecular complexity index is 2780. The second-order valence-corrected chi connectivity index (χ2v) is 15.5. The van der Waals surface area contributed by atoms with Gasteiger partial charge in [0.25, 0.3) is 0 Å². The highest BCUT2D eigenvalue weighted by Crippen LogP contribution is 2.53. The molecule has 7 aromatic carbocycles. The lowest BCUT2D eigenvalue weighted by Gasteiger charge is -2.29. The molecule has 0 aliphatic carbocycles. The molecule has 1 unspecified atom stereocenters. The van der Waals surface area contributed by atoms with Gasteiger partial charge in [-0.15, -0.1) is 0 Å². The van der Waals surface area contributed by atoms with Crippen molar-refractivity contribution in [3.05, 3.63) is 176 Å². The van der Waals surface area contributed by atoms with Gasteiger partial charge in [0.2, 0.25) is 0 Å². The molecule has 0 saturated carbocycles. The van der Waals surface area contributed by atoms with Gasteiger partial charge in [-0.3, -0.25) is 0 Å². The molecule has 0 N–H and O–H groups in total.